The fraction of sp³-hybridized carbons (Fsp3) is 0.440. The van der Waals surface area contributed by atoms with Gasteiger partial charge in [0.2, 0.25) is 0 Å². The summed E-state index contributed by atoms with van der Waals surface area (Å²) in [4.78, 5) is 4.63. The van der Waals surface area contributed by atoms with Gasteiger partial charge < -0.3 is 9.34 Å². The lowest BCUT2D eigenvalue weighted by Gasteiger charge is -2.36. The zero-order valence-corrected chi connectivity index (χ0v) is 39.3. The van der Waals surface area contributed by atoms with E-state index in [0.29, 0.717) is 32.1 Å². The highest BCUT2D eigenvalue weighted by atomic mass is 31.2. The van der Waals surface area contributed by atoms with E-state index in [1.807, 2.05) is 0 Å². The van der Waals surface area contributed by atoms with Gasteiger partial charge in [0.25, 0.3) is 8.45 Å². The molecule has 6 rings (SSSR count). The molecule has 7 heteroatoms. The van der Waals surface area contributed by atoms with Crippen molar-refractivity contribution in [2.75, 3.05) is 19.1 Å². The van der Waals surface area contributed by atoms with Gasteiger partial charge in [0.15, 0.2) is 5.82 Å². The molecular formula is C50H66N4OP2. The second-order valence-electron chi connectivity index (χ2n) is 17.8. The van der Waals surface area contributed by atoms with Crippen LogP contribution in [0.3, 0.4) is 0 Å². The Morgan fingerprint density at radius 2 is 0.842 bits per heavy atom. The van der Waals surface area contributed by atoms with Crippen molar-refractivity contribution >= 4 is 45.1 Å². The summed E-state index contributed by atoms with van der Waals surface area (Å²) in [6, 6.07) is 23.4. The van der Waals surface area contributed by atoms with Crippen LogP contribution >= 0.6 is 16.9 Å². The van der Waals surface area contributed by atoms with Crippen LogP contribution in [0.15, 0.2) is 78.9 Å². The van der Waals surface area contributed by atoms with Crippen LogP contribution in [0.2, 0.25) is 0 Å². The minimum atomic E-state index is -1.34. The van der Waals surface area contributed by atoms with Gasteiger partial charge in [-0.2, -0.15) is 0 Å². The molecule has 2 atom stereocenters. The number of anilines is 4. The van der Waals surface area contributed by atoms with E-state index in [-0.39, 0.29) is 12.1 Å². The molecule has 57 heavy (non-hydrogen) atoms. The number of rotatable bonds is 10. The first kappa shape index (κ1) is 42.8. The Labute approximate surface area is 348 Å². The molecule has 0 radical (unpaired) electrons. The van der Waals surface area contributed by atoms with E-state index in [4.69, 9.17) is 4.31 Å². The number of hydrogen-bond donors (Lipinski definition) is 0. The minimum absolute atomic E-state index is 0.202. The SMILES string of the molecule is Cc1cc(C)c(N2C=CN(c3c(C)cc(C)cc3C)C2=C=POP2N(c3c(C(C)C)cccc3C(C)C)C(C)C(C)N2c2c(C(C)C)cccc2C(C)C)c(C)c1. The zero-order chi connectivity index (χ0) is 41.6. The van der Waals surface area contributed by atoms with Gasteiger partial charge in [-0.3, -0.25) is 14.1 Å². The molecule has 0 amide bonds. The summed E-state index contributed by atoms with van der Waals surface area (Å²) in [6.45, 7) is 36.7. The van der Waals surface area contributed by atoms with E-state index in [1.54, 1.807) is 0 Å². The molecule has 0 aliphatic carbocycles. The summed E-state index contributed by atoms with van der Waals surface area (Å²) >= 11 is 0. The smallest absolute Gasteiger partial charge is 0.258 e. The lowest BCUT2D eigenvalue weighted by Crippen LogP contribution is -2.34. The summed E-state index contributed by atoms with van der Waals surface area (Å²) < 4.78 is 12.8. The van der Waals surface area contributed by atoms with Crippen LogP contribution in [-0.2, 0) is 4.31 Å². The van der Waals surface area contributed by atoms with Crippen molar-refractivity contribution in [1.29, 1.82) is 0 Å². The Morgan fingerprint density at radius 1 is 0.526 bits per heavy atom. The lowest BCUT2D eigenvalue weighted by atomic mass is 9.91. The van der Waals surface area contributed by atoms with Crippen molar-refractivity contribution in [2.45, 2.75) is 147 Å². The first-order valence-electron chi connectivity index (χ1n) is 21.0. The first-order chi connectivity index (χ1) is 26.9. The molecule has 1 fully saturated rings. The molecule has 0 N–H and O–H groups in total. The molecule has 4 aromatic rings. The van der Waals surface area contributed by atoms with E-state index in [0.717, 1.165) is 5.82 Å². The van der Waals surface area contributed by atoms with Crippen LogP contribution in [0.25, 0.3) is 0 Å². The Kier molecular flexibility index (Phi) is 12.9. The molecule has 5 nitrogen and oxygen atoms in total. The predicted octanol–water partition coefficient (Wildman–Crippen LogP) is 15.0. The minimum Gasteiger partial charge on any atom is -0.306 e. The van der Waals surface area contributed by atoms with Gasteiger partial charge >= 0.3 is 0 Å². The van der Waals surface area contributed by atoms with Gasteiger partial charge in [-0.1, -0.05) is 127 Å². The molecule has 0 spiro atoms. The van der Waals surface area contributed by atoms with Crippen LogP contribution in [0, 0.1) is 41.5 Å². The second-order valence-corrected chi connectivity index (χ2v) is 20.2. The number of benzene rings is 4. The Hall–Kier alpha value is -3.84. The van der Waals surface area contributed by atoms with Crippen molar-refractivity contribution in [2.24, 2.45) is 0 Å². The van der Waals surface area contributed by atoms with Crippen molar-refractivity contribution in [3.63, 3.8) is 0 Å². The van der Waals surface area contributed by atoms with Crippen molar-refractivity contribution < 1.29 is 4.31 Å². The van der Waals surface area contributed by atoms with Gasteiger partial charge in [-0.05, 0) is 129 Å². The number of hydrogen-bond acceptors (Lipinski definition) is 5. The third kappa shape index (κ3) is 8.12. The van der Waals surface area contributed by atoms with Crippen molar-refractivity contribution in [3.8, 4) is 0 Å². The van der Waals surface area contributed by atoms with Gasteiger partial charge in [0.1, 0.15) is 8.43 Å². The first-order valence-corrected chi connectivity index (χ1v) is 23.0. The van der Waals surface area contributed by atoms with E-state index < -0.39 is 8.45 Å². The van der Waals surface area contributed by atoms with E-state index in [9.17, 15) is 0 Å². The zero-order valence-electron chi connectivity index (χ0n) is 37.5. The molecule has 0 bridgehead atoms. The average Bonchev–Trinajstić information content (AvgIpc) is 3.62. The standard InChI is InChI=1S/C50H66N4OP2/c1-30(2)42-19-17-20-43(31(3)4)49(42)53-40(15)41(16)54(50-44(32(5)6)21-18-22-45(50)33(7)8)57(53)55-56-29-46-51(47-36(11)25-34(9)26-37(47)12)23-24-52(46)48-38(13)27-35(10)28-39(48)14/h17-28,30-33,40-41H,1-16H3. The maximum absolute atomic E-state index is 7.48. The summed E-state index contributed by atoms with van der Waals surface area (Å²) in [6.07, 6.45) is 4.40. The van der Waals surface area contributed by atoms with E-state index >= 15 is 0 Å². The molecule has 2 aliphatic heterocycles. The highest BCUT2D eigenvalue weighted by molar-refractivity contribution is 7.62. The molecule has 302 valence electrons. The molecular weight excluding hydrogens is 735 g/mol. The van der Waals surface area contributed by atoms with Crippen molar-refractivity contribution in [1.82, 2.24) is 0 Å². The molecule has 4 aromatic carbocycles. The van der Waals surface area contributed by atoms with Crippen LogP contribution in [0.1, 0.15) is 149 Å². The van der Waals surface area contributed by atoms with Crippen LogP contribution in [0.5, 0.6) is 0 Å². The largest absolute Gasteiger partial charge is 0.306 e. The second kappa shape index (κ2) is 17.2. The maximum Gasteiger partial charge on any atom is 0.258 e. The average molecular weight is 801 g/mol. The maximum atomic E-state index is 7.48. The predicted molar refractivity (Wildman–Crippen MR) is 252 cm³/mol. The normalized spacial score (nSPS) is 18.5. The summed E-state index contributed by atoms with van der Waals surface area (Å²) in [5.41, 5.74) is 22.0. The Bertz CT molecular complexity index is 1990. The quantitative estimate of drug-likeness (QED) is 0.149. The molecule has 0 aromatic heterocycles. The number of nitrogens with zero attached hydrogens (tertiary/aromatic N) is 4. The molecule has 0 saturated carbocycles. The Balaban J connectivity index is 1.61. The fourth-order valence-electron chi connectivity index (χ4n) is 9.10. The van der Waals surface area contributed by atoms with Crippen LogP contribution in [-0.4, -0.2) is 17.5 Å². The third-order valence-corrected chi connectivity index (χ3v) is 14.9. The highest BCUT2D eigenvalue weighted by Crippen LogP contribution is 2.63. The monoisotopic (exact) mass is 800 g/mol. The van der Waals surface area contributed by atoms with Gasteiger partial charge in [-0.25, -0.2) is 0 Å². The van der Waals surface area contributed by atoms with Gasteiger partial charge in [-0.15, -0.1) is 0 Å². The molecule has 1 saturated heterocycles. The van der Waals surface area contributed by atoms with Crippen molar-refractivity contribution in [3.05, 3.63) is 135 Å². The fourth-order valence-corrected chi connectivity index (χ4v) is 12.5. The number of aryl methyl sites for hydroxylation is 6. The van der Waals surface area contributed by atoms with Crippen LogP contribution in [0.4, 0.5) is 22.7 Å². The van der Waals surface area contributed by atoms with Gasteiger partial charge in [0.05, 0.1) is 34.8 Å². The summed E-state index contributed by atoms with van der Waals surface area (Å²) in [7, 11) is -0.660. The molecule has 2 heterocycles. The summed E-state index contributed by atoms with van der Waals surface area (Å²) in [5, 5.41) is 0. The number of para-hydroxylation sites is 2. The molecule has 2 unspecified atom stereocenters. The molecule has 2 aliphatic rings. The topological polar surface area (TPSA) is 22.2 Å². The highest BCUT2D eigenvalue weighted by Gasteiger charge is 2.48. The van der Waals surface area contributed by atoms with E-state index in [2.05, 4.69) is 208 Å². The lowest BCUT2D eigenvalue weighted by molar-refractivity contribution is 0.636. The van der Waals surface area contributed by atoms with E-state index in [1.165, 1.54) is 78.4 Å². The van der Waals surface area contributed by atoms with Crippen LogP contribution < -0.4 is 19.1 Å². The Morgan fingerprint density at radius 3 is 1.14 bits per heavy atom. The van der Waals surface area contributed by atoms with Gasteiger partial charge in [0, 0.05) is 12.4 Å². The third-order valence-electron chi connectivity index (χ3n) is 11.8. The summed E-state index contributed by atoms with van der Waals surface area (Å²) in [5.74, 6) is 2.41.